The molecule has 0 aromatic carbocycles. The highest BCUT2D eigenvalue weighted by Crippen LogP contribution is 2.04. The van der Waals surface area contributed by atoms with Gasteiger partial charge in [-0.3, -0.25) is 9.78 Å². The van der Waals surface area contributed by atoms with Crippen LogP contribution in [0.1, 0.15) is 16.1 Å². The molecule has 3 heteroatoms. The standard InChI is InChI=1S/C10H11N2O/c1-3-4-8-5-6-12-9(7-8)10(13)11-2/h3-7H,1H2,2H3,(H,11,13). The van der Waals surface area contributed by atoms with E-state index >= 15 is 0 Å². The lowest BCUT2D eigenvalue weighted by molar-refractivity contribution is 0.0958. The molecule has 0 aliphatic heterocycles. The lowest BCUT2D eigenvalue weighted by atomic mass is 10.1. The van der Waals surface area contributed by atoms with Crippen LogP contribution in [0.3, 0.4) is 0 Å². The molecule has 0 bridgehead atoms. The molecule has 13 heavy (non-hydrogen) atoms. The maximum absolute atomic E-state index is 11.2. The van der Waals surface area contributed by atoms with Gasteiger partial charge in [-0.2, -0.15) is 0 Å². The number of aromatic nitrogens is 1. The van der Waals surface area contributed by atoms with Crippen molar-refractivity contribution in [2.24, 2.45) is 0 Å². The van der Waals surface area contributed by atoms with Crippen molar-refractivity contribution in [2.45, 2.75) is 0 Å². The number of hydrogen-bond acceptors (Lipinski definition) is 2. The smallest absolute Gasteiger partial charge is 0.269 e. The maximum atomic E-state index is 11.2. The van der Waals surface area contributed by atoms with E-state index in [0.717, 1.165) is 5.56 Å². The van der Waals surface area contributed by atoms with Crippen molar-refractivity contribution < 1.29 is 4.79 Å². The van der Waals surface area contributed by atoms with Crippen LogP contribution in [0, 0.1) is 6.42 Å². The first kappa shape index (κ1) is 9.45. The fourth-order valence-electron chi connectivity index (χ4n) is 0.939. The Morgan fingerprint density at radius 1 is 1.69 bits per heavy atom. The topological polar surface area (TPSA) is 42.0 Å². The molecule has 0 aliphatic rings. The minimum Gasteiger partial charge on any atom is -0.354 e. The quantitative estimate of drug-likeness (QED) is 0.749. The Morgan fingerprint density at radius 3 is 3.08 bits per heavy atom. The molecule has 1 aromatic heterocycles. The van der Waals surface area contributed by atoms with Crippen molar-refractivity contribution in [1.82, 2.24) is 10.3 Å². The van der Waals surface area contributed by atoms with Gasteiger partial charge in [0.25, 0.3) is 5.91 Å². The minimum atomic E-state index is -0.181. The van der Waals surface area contributed by atoms with E-state index in [4.69, 9.17) is 0 Å². The number of amides is 1. The number of carbonyl (C=O) groups excluding carboxylic acids is 1. The Hall–Kier alpha value is -1.64. The summed E-state index contributed by atoms with van der Waals surface area (Å²) in [5, 5.41) is 2.51. The summed E-state index contributed by atoms with van der Waals surface area (Å²) in [6.07, 6.45) is 5.08. The SMILES string of the molecule is C=C[CH]c1ccnc(C(=O)NC)c1. The van der Waals surface area contributed by atoms with Gasteiger partial charge in [-0.1, -0.05) is 6.08 Å². The Kier molecular flexibility index (Phi) is 3.20. The summed E-state index contributed by atoms with van der Waals surface area (Å²) in [5.41, 5.74) is 1.33. The van der Waals surface area contributed by atoms with Crippen molar-refractivity contribution in [3.05, 3.63) is 48.7 Å². The first-order valence-corrected chi connectivity index (χ1v) is 3.92. The molecule has 0 unspecified atom stereocenters. The van der Waals surface area contributed by atoms with Crippen LogP contribution in [0.2, 0.25) is 0 Å². The number of allylic oxidation sites excluding steroid dienone is 1. The van der Waals surface area contributed by atoms with Gasteiger partial charge < -0.3 is 5.32 Å². The van der Waals surface area contributed by atoms with Crippen LogP contribution < -0.4 is 5.32 Å². The summed E-state index contributed by atoms with van der Waals surface area (Å²) in [4.78, 5) is 15.1. The average Bonchev–Trinajstić information content (AvgIpc) is 2.18. The molecule has 1 heterocycles. The number of hydrogen-bond donors (Lipinski definition) is 1. The lowest BCUT2D eigenvalue weighted by Gasteiger charge is -2.00. The summed E-state index contributed by atoms with van der Waals surface area (Å²) < 4.78 is 0. The number of pyridine rings is 1. The van der Waals surface area contributed by atoms with E-state index < -0.39 is 0 Å². The average molecular weight is 175 g/mol. The zero-order valence-corrected chi connectivity index (χ0v) is 7.45. The molecular weight excluding hydrogens is 164 g/mol. The van der Waals surface area contributed by atoms with Gasteiger partial charge in [0.2, 0.25) is 0 Å². The Bertz CT molecular complexity index is 320. The Labute approximate surface area is 77.5 Å². The van der Waals surface area contributed by atoms with E-state index in [9.17, 15) is 4.79 Å². The molecule has 0 spiro atoms. The second-order valence-electron chi connectivity index (χ2n) is 2.46. The van der Waals surface area contributed by atoms with Crippen LogP contribution in [0.5, 0.6) is 0 Å². The van der Waals surface area contributed by atoms with Gasteiger partial charge in [-0.25, -0.2) is 0 Å². The van der Waals surface area contributed by atoms with E-state index in [1.165, 1.54) is 0 Å². The number of carbonyl (C=O) groups is 1. The molecule has 0 saturated heterocycles. The molecule has 3 nitrogen and oxygen atoms in total. The third-order valence-electron chi connectivity index (χ3n) is 1.55. The Balaban J connectivity index is 2.90. The zero-order chi connectivity index (χ0) is 9.68. The summed E-state index contributed by atoms with van der Waals surface area (Å²) in [5.74, 6) is -0.181. The van der Waals surface area contributed by atoms with Crippen LogP contribution in [-0.4, -0.2) is 17.9 Å². The van der Waals surface area contributed by atoms with E-state index in [1.54, 1.807) is 25.4 Å². The number of rotatable bonds is 3. The van der Waals surface area contributed by atoms with Crippen LogP contribution >= 0.6 is 0 Å². The largest absolute Gasteiger partial charge is 0.354 e. The second-order valence-corrected chi connectivity index (χ2v) is 2.46. The third-order valence-corrected chi connectivity index (χ3v) is 1.55. The van der Waals surface area contributed by atoms with Crippen molar-refractivity contribution in [1.29, 1.82) is 0 Å². The first-order valence-electron chi connectivity index (χ1n) is 3.92. The molecular formula is C10H11N2O. The van der Waals surface area contributed by atoms with Crippen LogP contribution in [-0.2, 0) is 0 Å². The monoisotopic (exact) mass is 175 g/mol. The molecule has 1 aromatic rings. The summed E-state index contributed by atoms with van der Waals surface area (Å²) >= 11 is 0. The number of nitrogens with zero attached hydrogens (tertiary/aromatic N) is 1. The van der Waals surface area contributed by atoms with Crippen LogP contribution in [0.25, 0.3) is 0 Å². The van der Waals surface area contributed by atoms with E-state index in [-0.39, 0.29) is 5.91 Å². The van der Waals surface area contributed by atoms with Gasteiger partial charge in [0.1, 0.15) is 5.69 Å². The van der Waals surface area contributed by atoms with Crippen molar-refractivity contribution in [3.63, 3.8) is 0 Å². The summed E-state index contributed by atoms with van der Waals surface area (Å²) in [7, 11) is 1.58. The van der Waals surface area contributed by atoms with Gasteiger partial charge in [0.15, 0.2) is 0 Å². The van der Waals surface area contributed by atoms with Gasteiger partial charge >= 0.3 is 0 Å². The van der Waals surface area contributed by atoms with Gasteiger partial charge in [-0.05, 0) is 17.7 Å². The van der Waals surface area contributed by atoms with E-state index in [1.807, 2.05) is 12.5 Å². The third kappa shape index (κ3) is 2.40. The molecule has 1 amide bonds. The minimum absolute atomic E-state index is 0.181. The fourth-order valence-corrected chi connectivity index (χ4v) is 0.939. The second kappa shape index (κ2) is 4.40. The highest BCUT2D eigenvalue weighted by atomic mass is 16.1. The van der Waals surface area contributed by atoms with Crippen molar-refractivity contribution >= 4 is 5.91 Å². The van der Waals surface area contributed by atoms with Gasteiger partial charge in [-0.15, -0.1) is 6.58 Å². The van der Waals surface area contributed by atoms with E-state index in [0.29, 0.717) is 5.69 Å². The fraction of sp³-hybridized carbons (Fsp3) is 0.100. The van der Waals surface area contributed by atoms with Gasteiger partial charge in [0, 0.05) is 19.7 Å². The molecule has 1 rings (SSSR count). The van der Waals surface area contributed by atoms with Crippen molar-refractivity contribution in [3.8, 4) is 0 Å². The summed E-state index contributed by atoms with van der Waals surface area (Å²) in [6.45, 7) is 3.57. The van der Waals surface area contributed by atoms with Gasteiger partial charge in [0.05, 0.1) is 0 Å². The normalized spacial score (nSPS) is 9.31. The maximum Gasteiger partial charge on any atom is 0.269 e. The summed E-state index contributed by atoms with van der Waals surface area (Å²) in [6, 6.07) is 3.52. The molecule has 0 atom stereocenters. The van der Waals surface area contributed by atoms with Crippen molar-refractivity contribution in [2.75, 3.05) is 7.05 Å². The number of nitrogens with one attached hydrogen (secondary N) is 1. The molecule has 1 N–H and O–H groups in total. The molecule has 0 saturated carbocycles. The molecule has 0 fully saturated rings. The van der Waals surface area contributed by atoms with Crippen LogP contribution in [0.15, 0.2) is 31.0 Å². The molecule has 67 valence electrons. The Morgan fingerprint density at radius 2 is 2.46 bits per heavy atom. The lowest BCUT2D eigenvalue weighted by Crippen LogP contribution is -2.19. The van der Waals surface area contributed by atoms with Crippen LogP contribution in [0.4, 0.5) is 0 Å². The molecule has 1 radical (unpaired) electrons. The predicted molar refractivity (Wildman–Crippen MR) is 51.2 cm³/mol. The zero-order valence-electron chi connectivity index (χ0n) is 7.45. The predicted octanol–water partition coefficient (Wildman–Crippen LogP) is 1.18. The van der Waals surface area contributed by atoms with E-state index in [2.05, 4.69) is 16.9 Å². The highest BCUT2D eigenvalue weighted by Gasteiger charge is 2.03. The molecule has 0 aliphatic carbocycles. The first-order chi connectivity index (χ1) is 6.27. The highest BCUT2D eigenvalue weighted by molar-refractivity contribution is 5.92.